The Morgan fingerprint density at radius 1 is 1.03 bits per heavy atom. The molecule has 2 N–H and O–H groups in total. The number of aryl methyl sites for hydroxylation is 1. The van der Waals surface area contributed by atoms with Crippen LogP contribution in [-0.4, -0.2) is 57.8 Å². The maximum Gasteiger partial charge on any atom is 0.244 e. The molecule has 0 amide bonds. The van der Waals surface area contributed by atoms with Gasteiger partial charge in [0.15, 0.2) is 0 Å². The number of hydrogen-bond acceptors (Lipinski definition) is 8. The van der Waals surface area contributed by atoms with E-state index in [1.165, 1.54) is 18.9 Å². The summed E-state index contributed by atoms with van der Waals surface area (Å²) in [4.78, 5) is 11.3. The molecule has 0 radical (unpaired) electrons. The molecule has 1 aromatic heterocycles. The van der Waals surface area contributed by atoms with Gasteiger partial charge in [0.2, 0.25) is 16.0 Å². The van der Waals surface area contributed by atoms with E-state index in [1.807, 2.05) is 19.9 Å². The lowest BCUT2D eigenvalue weighted by Crippen LogP contribution is -2.29. The molecule has 0 aliphatic carbocycles. The summed E-state index contributed by atoms with van der Waals surface area (Å²) >= 11 is 0. The quantitative estimate of drug-likeness (QED) is 0.504. The molecule has 1 aromatic carbocycles. The molecule has 0 atom stereocenters. The van der Waals surface area contributed by atoms with E-state index in [0.717, 1.165) is 24.6 Å². The highest BCUT2D eigenvalue weighted by Crippen LogP contribution is 2.28. The zero-order valence-corrected chi connectivity index (χ0v) is 19.2. The summed E-state index contributed by atoms with van der Waals surface area (Å²) in [6.45, 7) is 8.97. The Kier molecular flexibility index (Phi) is 7.91. The summed E-state index contributed by atoms with van der Waals surface area (Å²) in [5.41, 5.74) is 0.871. The third-order valence-corrected chi connectivity index (χ3v) is 6.29. The number of sulfonamides is 1. The largest absolute Gasteiger partial charge is 0.494 e. The Morgan fingerprint density at radius 3 is 2.48 bits per heavy atom. The number of benzene rings is 1. The third kappa shape index (κ3) is 6.20. The minimum atomic E-state index is -3.75. The van der Waals surface area contributed by atoms with Crippen molar-refractivity contribution in [3.05, 3.63) is 30.0 Å². The van der Waals surface area contributed by atoms with Gasteiger partial charge in [0.05, 0.1) is 13.2 Å². The van der Waals surface area contributed by atoms with Gasteiger partial charge in [0.1, 0.15) is 22.2 Å². The molecule has 0 bridgehead atoms. The highest BCUT2D eigenvalue weighted by molar-refractivity contribution is 7.89. The van der Waals surface area contributed by atoms with Crippen LogP contribution in [0.2, 0.25) is 0 Å². The smallest absolute Gasteiger partial charge is 0.244 e. The molecule has 1 aliphatic rings. The summed E-state index contributed by atoms with van der Waals surface area (Å²) in [5.74, 6) is 2.24. The van der Waals surface area contributed by atoms with Gasteiger partial charge in [-0.1, -0.05) is 0 Å². The molecule has 2 aromatic rings. The molecule has 0 unspecified atom stereocenters. The summed E-state index contributed by atoms with van der Waals surface area (Å²) in [5, 5.41) is 3.11. The van der Waals surface area contributed by atoms with Gasteiger partial charge < -0.3 is 19.7 Å². The number of nitrogens with zero attached hydrogens (tertiary/aromatic N) is 3. The molecule has 170 valence electrons. The molecule has 3 rings (SSSR count). The lowest BCUT2D eigenvalue weighted by Gasteiger charge is -2.18. The van der Waals surface area contributed by atoms with Crippen molar-refractivity contribution < 1.29 is 17.9 Å². The summed E-state index contributed by atoms with van der Waals surface area (Å²) < 4.78 is 39.2. The lowest BCUT2D eigenvalue weighted by molar-refractivity contribution is 0.317. The topological polar surface area (TPSA) is 106 Å². The van der Waals surface area contributed by atoms with Gasteiger partial charge >= 0.3 is 0 Å². The maximum atomic E-state index is 12.8. The molecule has 0 saturated carbocycles. The average Bonchev–Trinajstić information content (AvgIpc) is 3.26. The first-order valence-electron chi connectivity index (χ1n) is 10.7. The molecule has 1 fully saturated rings. The SMILES string of the molecule is CCOc1ccc(S(=O)(=O)NCCNc2nc(C)cc(N3CCCC3)n2)c(OCC)c1. The highest BCUT2D eigenvalue weighted by Gasteiger charge is 2.20. The van der Waals surface area contributed by atoms with Crippen LogP contribution >= 0.6 is 0 Å². The fourth-order valence-electron chi connectivity index (χ4n) is 3.41. The third-order valence-electron chi connectivity index (χ3n) is 4.79. The lowest BCUT2D eigenvalue weighted by atomic mass is 10.3. The summed E-state index contributed by atoms with van der Waals surface area (Å²) in [7, 11) is -3.75. The van der Waals surface area contributed by atoms with E-state index in [1.54, 1.807) is 19.1 Å². The van der Waals surface area contributed by atoms with Crippen molar-refractivity contribution in [1.82, 2.24) is 14.7 Å². The van der Waals surface area contributed by atoms with E-state index in [-0.39, 0.29) is 17.2 Å². The Hall–Kier alpha value is -2.59. The standard InChI is InChI=1S/C21H31N5O4S/c1-4-29-17-8-9-19(18(15-17)30-5-2)31(27,28)23-11-10-22-21-24-16(3)14-20(25-21)26-12-6-7-13-26/h8-9,14-15,23H,4-7,10-13H2,1-3H3,(H,22,24,25). The molecule has 10 heteroatoms. The van der Waals surface area contributed by atoms with Gasteiger partial charge in [0.25, 0.3) is 0 Å². The molecule has 0 spiro atoms. The van der Waals surface area contributed by atoms with E-state index >= 15 is 0 Å². The molecule has 1 saturated heterocycles. The first-order valence-corrected chi connectivity index (χ1v) is 12.1. The zero-order chi connectivity index (χ0) is 22.3. The van der Waals surface area contributed by atoms with E-state index in [2.05, 4.69) is 24.9 Å². The van der Waals surface area contributed by atoms with Crippen molar-refractivity contribution in [3.63, 3.8) is 0 Å². The Morgan fingerprint density at radius 2 is 1.77 bits per heavy atom. The normalized spacial score (nSPS) is 14.0. The fraction of sp³-hybridized carbons (Fsp3) is 0.524. The van der Waals surface area contributed by atoms with Crippen LogP contribution in [0.4, 0.5) is 11.8 Å². The fourth-order valence-corrected chi connectivity index (χ4v) is 4.57. The number of rotatable bonds is 11. The van der Waals surface area contributed by atoms with Crippen LogP contribution < -0.4 is 24.4 Å². The van der Waals surface area contributed by atoms with Crippen LogP contribution in [0.5, 0.6) is 11.5 Å². The summed E-state index contributed by atoms with van der Waals surface area (Å²) in [6.07, 6.45) is 2.34. The molecule has 1 aliphatic heterocycles. The van der Waals surface area contributed by atoms with E-state index in [0.29, 0.717) is 31.5 Å². The van der Waals surface area contributed by atoms with Gasteiger partial charge in [-0.15, -0.1) is 0 Å². The zero-order valence-electron chi connectivity index (χ0n) is 18.3. The van der Waals surface area contributed by atoms with Crippen LogP contribution in [0.15, 0.2) is 29.2 Å². The monoisotopic (exact) mass is 449 g/mol. The molecular weight excluding hydrogens is 418 g/mol. The molecule has 9 nitrogen and oxygen atoms in total. The minimum absolute atomic E-state index is 0.0842. The van der Waals surface area contributed by atoms with Crippen LogP contribution in [0, 0.1) is 6.92 Å². The van der Waals surface area contributed by atoms with Crippen LogP contribution in [-0.2, 0) is 10.0 Å². The van der Waals surface area contributed by atoms with Gasteiger partial charge in [-0.3, -0.25) is 0 Å². The number of anilines is 2. The van der Waals surface area contributed by atoms with Crippen molar-refractivity contribution in [2.24, 2.45) is 0 Å². The van der Waals surface area contributed by atoms with Crippen LogP contribution in [0.1, 0.15) is 32.4 Å². The van der Waals surface area contributed by atoms with Crippen molar-refractivity contribution in [3.8, 4) is 11.5 Å². The Labute approximate surface area is 184 Å². The summed E-state index contributed by atoms with van der Waals surface area (Å²) in [6, 6.07) is 6.69. The number of aromatic nitrogens is 2. The van der Waals surface area contributed by atoms with Gasteiger partial charge in [-0.25, -0.2) is 18.1 Å². The van der Waals surface area contributed by atoms with Gasteiger partial charge in [-0.05, 0) is 45.7 Å². The average molecular weight is 450 g/mol. The highest BCUT2D eigenvalue weighted by atomic mass is 32.2. The van der Waals surface area contributed by atoms with E-state index in [9.17, 15) is 8.42 Å². The second kappa shape index (κ2) is 10.6. The predicted octanol–water partition coefficient (Wildman–Crippen LogP) is 2.57. The number of hydrogen-bond donors (Lipinski definition) is 2. The van der Waals surface area contributed by atoms with Crippen molar-refractivity contribution in [1.29, 1.82) is 0 Å². The first kappa shape index (κ1) is 23.1. The molecule has 31 heavy (non-hydrogen) atoms. The van der Waals surface area contributed by atoms with Crippen molar-refractivity contribution in [2.75, 3.05) is 49.6 Å². The van der Waals surface area contributed by atoms with Crippen molar-refractivity contribution >= 4 is 21.8 Å². The predicted molar refractivity (Wildman–Crippen MR) is 121 cm³/mol. The van der Waals surface area contributed by atoms with Gasteiger partial charge in [0, 0.05) is 44.0 Å². The van der Waals surface area contributed by atoms with Crippen LogP contribution in [0.3, 0.4) is 0 Å². The van der Waals surface area contributed by atoms with Gasteiger partial charge in [-0.2, -0.15) is 4.98 Å². The van der Waals surface area contributed by atoms with Crippen LogP contribution in [0.25, 0.3) is 0 Å². The van der Waals surface area contributed by atoms with Crippen molar-refractivity contribution in [2.45, 2.75) is 38.5 Å². The molecular formula is C21H31N5O4S. The second-order valence-electron chi connectivity index (χ2n) is 7.18. The van der Waals surface area contributed by atoms with E-state index < -0.39 is 10.0 Å². The first-order chi connectivity index (χ1) is 14.9. The Bertz CT molecular complexity index is 978. The minimum Gasteiger partial charge on any atom is -0.494 e. The number of ether oxygens (including phenoxy) is 2. The number of nitrogens with one attached hydrogen (secondary N) is 2. The molecule has 2 heterocycles. The Balaban J connectivity index is 1.61. The second-order valence-corrected chi connectivity index (χ2v) is 8.92. The van der Waals surface area contributed by atoms with E-state index in [4.69, 9.17) is 9.47 Å². The maximum absolute atomic E-state index is 12.8.